The number of hydrogen-bond acceptors (Lipinski definition) is 5. The summed E-state index contributed by atoms with van der Waals surface area (Å²) in [5, 5.41) is 4.40. The van der Waals surface area contributed by atoms with Crippen LogP contribution in [0.4, 0.5) is 24.5 Å². The summed E-state index contributed by atoms with van der Waals surface area (Å²) in [7, 11) is 0. The second-order valence-electron chi connectivity index (χ2n) is 7.46. The number of carbonyl (C=O) groups excluding carboxylic acids is 1. The molecule has 0 aliphatic carbocycles. The number of hydrogen-bond donors (Lipinski definition) is 1. The van der Waals surface area contributed by atoms with E-state index in [0.29, 0.717) is 37.0 Å². The van der Waals surface area contributed by atoms with Gasteiger partial charge in [0.15, 0.2) is 0 Å². The van der Waals surface area contributed by atoms with Crippen molar-refractivity contribution < 1.29 is 22.7 Å². The van der Waals surface area contributed by atoms with Crippen LogP contribution in [0.1, 0.15) is 11.1 Å². The van der Waals surface area contributed by atoms with E-state index in [9.17, 15) is 18.0 Å². The number of halogens is 3. The van der Waals surface area contributed by atoms with Crippen LogP contribution in [0.5, 0.6) is 0 Å². The van der Waals surface area contributed by atoms with Crippen molar-refractivity contribution >= 4 is 39.9 Å². The second kappa shape index (κ2) is 9.38. The molecule has 0 radical (unpaired) electrons. The number of rotatable bonds is 5. The maximum absolute atomic E-state index is 13.3. The van der Waals surface area contributed by atoms with Crippen molar-refractivity contribution in [2.24, 2.45) is 0 Å². The zero-order valence-corrected chi connectivity index (χ0v) is 18.2. The summed E-state index contributed by atoms with van der Waals surface area (Å²) in [6, 6.07) is 13.1. The highest BCUT2D eigenvalue weighted by Gasteiger charge is 2.32. The monoisotopic (exact) mass is 461 g/mol. The molecule has 1 fully saturated rings. The zero-order valence-electron chi connectivity index (χ0n) is 17.4. The minimum absolute atomic E-state index is 0.0313. The predicted molar refractivity (Wildman–Crippen MR) is 120 cm³/mol. The van der Waals surface area contributed by atoms with E-state index in [1.807, 2.05) is 42.2 Å². The lowest BCUT2D eigenvalue weighted by Crippen LogP contribution is -2.37. The van der Waals surface area contributed by atoms with Crippen molar-refractivity contribution in [1.82, 2.24) is 4.98 Å². The summed E-state index contributed by atoms with van der Waals surface area (Å²) in [6.45, 7) is 4.03. The Hall–Kier alpha value is -2.78. The van der Waals surface area contributed by atoms with E-state index in [1.54, 1.807) is 0 Å². The molecule has 0 bridgehead atoms. The first-order valence-corrected chi connectivity index (χ1v) is 11.1. The van der Waals surface area contributed by atoms with E-state index in [2.05, 4.69) is 10.3 Å². The number of morpholine rings is 1. The number of benzene rings is 2. The van der Waals surface area contributed by atoms with Gasteiger partial charge in [0.1, 0.15) is 0 Å². The number of amides is 1. The molecule has 0 saturated carbocycles. The summed E-state index contributed by atoms with van der Waals surface area (Å²) in [6.07, 6.45) is -4.50. The van der Waals surface area contributed by atoms with Crippen molar-refractivity contribution in [1.29, 1.82) is 0 Å². The van der Waals surface area contributed by atoms with E-state index in [0.717, 1.165) is 28.6 Å². The Labute approximate surface area is 188 Å². The van der Waals surface area contributed by atoms with Crippen LogP contribution in [0.2, 0.25) is 0 Å². The summed E-state index contributed by atoms with van der Waals surface area (Å²) in [5.41, 5.74) is 1.78. The van der Waals surface area contributed by atoms with Crippen molar-refractivity contribution in [2.45, 2.75) is 18.1 Å². The number of anilines is 2. The number of fused-ring (bicyclic) bond motifs is 1. The third-order valence-electron chi connectivity index (χ3n) is 5.20. The number of carbonyl (C=O) groups is 1. The predicted octanol–water partition coefficient (Wildman–Crippen LogP) is 5.13. The van der Waals surface area contributed by atoms with Crippen LogP contribution < -0.4 is 10.2 Å². The fourth-order valence-electron chi connectivity index (χ4n) is 3.61. The average molecular weight is 462 g/mol. The Balaban J connectivity index is 1.51. The van der Waals surface area contributed by atoms with Gasteiger partial charge in [-0.05, 0) is 42.8 Å². The van der Waals surface area contributed by atoms with Crippen molar-refractivity contribution in [3.63, 3.8) is 0 Å². The van der Waals surface area contributed by atoms with Gasteiger partial charge in [0.25, 0.3) is 0 Å². The fraction of sp³-hybridized carbons (Fsp3) is 0.304. The highest BCUT2D eigenvalue weighted by atomic mass is 32.2. The molecule has 1 aromatic heterocycles. The molecule has 0 atom stereocenters. The van der Waals surface area contributed by atoms with Gasteiger partial charge in [-0.15, -0.1) is 0 Å². The van der Waals surface area contributed by atoms with Crippen molar-refractivity contribution in [3.8, 4) is 0 Å². The molecule has 32 heavy (non-hydrogen) atoms. The number of para-hydroxylation sites is 1. The van der Waals surface area contributed by atoms with E-state index in [1.165, 1.54) is 17.8 Å². The lowest BCUT2D eigenvalue weighted by molar-refractivity contribution is -0.137. The molecule has 5 nitrogen and oxygen atoms in total. The average Bonchev–Trinajstić information content (AvgIpc) is 2.78. The number of thioether (sulfide) groups is 1. The van der Waals surface area contributed by atoms with E-state index in [4.69, 9.17) is 4.74 Å². The smallest absolute Gasteiger partial charge is 0.378 e. The summed E-state index contributed by atoms with van der Waals surface area (Å²) >= 11 is 1.25. The van der Waals surface area contributed by atoms with E-state index >= 15 is 0 Å². The van der Waals surface area contributed by atoms with Gasteiger partial charge in [0.05, 0.1) is 46.4 Å². The lowest BCUT2D eigenvalue weighted by Gasteiger charge is -2.31. The molecule has 1 aliphatic heterocycles. The van der Waals surface area contributed by atoms with E-state index < -0.39 is 17.6 Å². The highest BCUT2D eigenvalue weighted by Crippen LogP contribution is 2.36. The molecule has 1 saturated heterocycles. The Morgan fingerprint density at radius 1 is 1.16 bits per heavy atom. The summed E-state index contributed by atoms with van der Waals surface area (Å²) in [4.78, 5) is 19.1. The van der Waals surface area contributed by atoms with Gasteiger partial charge < -0.3 is 15.0 Å². The van der Waals surface area contributed by atoms with Gasteiger partial charge in [-0.2, -0.15) is 13.2 Å². The SMILES string of the molecule is Cc1cc(SCC(=O)Nc2cc(C(F)(F)F)ccc2N2CCOCC2)nc2ccccc12. The number of aryl methyl sites for hydroxylation is 1. The van der Waals surface area contributed by atoms with Gasteiger partial charge in [0.2, 0.25) is 5.91 Å². The molecule has 2 heterocycles. The van der Waals surface area contributed by atoms with Gasteiger partial charge in [-0.3, -0.25) is 4.79 Å². The number of pyridine rings is 1. The molecule has 1 N–H and O–H groups in total. The lowest BCUT2D eigenvalue weighted by atomic mass is 10.1. The number of nitrogens with zero attached hydrogens (tertiary/aromatic N) is 2. The van der Waals surface area contributed by atoms with Gasteiger partial charge in [0, 0.05) is 18.5 Å². The van der Waals surface area contributed by atoms with Gasteiger partial charge in [-0.1, -0.05) is 30.0 Å². The van der Waals surface area contributed by atoms with Crippen LogP contribution in [0.3, 0.4) is 0 Å². The third-order valence-corrected chi connectivity index (χ3v) is 6.11. The van der Waals surface area contributed by atoms with Crippen LogP contribution in [-0.4, -0.2) is 42.9 Å². The topological polar surface area (TPSA) is 54.5 Å². The quantitative estimate of drug-likeness (QED) is 0.534. The Morgan fingerprint density at radius 3 is 2.66 bits per heavy atom. The van der Waals surface area contributed by atoms with Crippen molar-refractivity contribution in [3.05, 3.63) is 59.7 Å². The van der Waals surface area contributed by atoms with Crippen LogP contribution in [-0.2, 0) is 15.7 Å². The number of nitrogens with one attached hydrogen (secondary N) is 1. The van der Waals surface area contributed by atoms with Crippen LogP contribution in [0.25, 0.3) is 10.9 Å². The summed E-state index contributed by atoms with van der Waals surface area (Å²) in [5.74, 6) is -0.361. The minimum Gasteiger partial charge on any atom is -0.378 e. The van der Waals surface area contributed by atoms with Crippen LogP contribution in [0.15, 0.2) is 53.6 Å². The fourth-order valence-corrected chi connectivity index (χ4v) is 4.38. The Kier molecular flexibility index (Phi) is 6.57. The molecule has 0 unspecified atom stereocenters. The summed E-state index contributed by atoms with van der Waals surface area (Å²) < 4.78 is 45.1. The van der Waals surface area contributed by atoms with Gasteiger partial charge in [-0.25, -0.2) is 4.98 Å². The molecule has 168 valence electrons. The molecule has 1 amide bonds. The number of alkyl halides is 3. The molecule has 2 aromatic carbocycles. The highest BCUT2D eigenvalue weighted by molar-refractivity contribution is 7.99. The van der Waals surface area contributed by atoms with E-state index in [-0.39, 0.29) is 11.4 Å². The second-order valence-corrected chi connectivity index (χ2v) is 8.46. The molecule has 3 aromatic rings. The zero-order chi connectivity index (χ0) is 22.7. The third kappa shape index (κ3) is 5.16. The Morgan fingerprint density at radius 2 is 1.91 bits per heavy atom. The first kappa shape index (κ1) is 22.4. The maximum Gasteiger partial charge on any atom is 0.416 e. The molecule has 4 rings (SSSR count). The normalized spacial score (nSPS) is 14.6. The van der Waals surface area contributed by atoms with Crippen LogP contribution in [0, 0.1) is 6.92 Å². The maximum atomic E-state index is 13.3. The first-order chi connectivity index (χ1) is 15.3. The van der Waals surface area contributed by atoms with Gasteiger partial charge >= 0.3 is 6.18 Å². The Bertz CT molecular complexity index is 1130. The molecular formula is C23H22F3N3O2S. The van der Waals surface area contributed by atoms with Crippen molar-refractivity contribution in [2.75, 3.05) is 42.3 Å². The number of aromatic nitrogens is 1. The minimum atomic E-state index is -4.50. The first-order valence-electron chi connectivity index (χ1n) is 10.1. The number of ether oxygens (including phenoxy) is 1. The molecule has 1 aliphatic rings. The van der Waals surface area contributed by atoms with Crippen LogP contribution >= 0.6 is 11.8 Å². The molecule has 0 spiro atoms. The molecule has 9 heteroatoms. The molecular weight excluding hydrogens is 439 g/mol. The largest absolute Gasteiger partial charge is 0.416 e. The standard InChI is InChI=1S/C23H22F3N3O2S/c1-15-12-22(28-18-5-3-2-4-17(15)18)32-14-21(30)27-19-13-16(23(24,25)26)6-7-20(19)29-8-10-31-11-9-29/h2-7,12-13H,8-11,14H2,1H3,(H,27,30).